The topological polar surface area (TPSA) is 46.6 Å². The molecule has 0 unspecified atom stereocenters. The van der Waals surface area contributed by atoms with Crippen molar-refractivity contribution in [3.63, 3.8) is 0 Å². The maximum absolute atomic E-state index is 12.5. The molecule has 19 heavy (non-hydrogen) atoms. The van der Waals surface area contributed by atoms with E-state index in [1.54, 1.807) is 0 Å². The summed E-state index contributed by atoms with van der Waals surface area (Å²) in [6.07, 6.45) is 1.69. The number of benzene rings is 1. The van der Waals surface area contributed by atoms with Gasteiger partial charge in [-0.1, -0.05) is 36.5 Å². The van der Waals surface area contributed by atoms with Gasteiger partial charge in [0.1, 0.15) is 4.90 Å². The van der Waals surface area contributed by atoms with Crippen molar-refractivity contribution in [1.29, 1.82) is 0 Å². The Morgan fingerprint density at radius 3 is 2.47 bits per heavy atom. The molecule has 0 saturated heterocycles. The van der Waals surface area contributed by atoms with Gasteiger partial charge in [0.15, 0.2) is 5.75 Å². The van der Waals surface area contributed by atoms with Gasteiger partial charge in [-0.2, -0.15) is 0 Å². The van der Waals surface area contributed by atoms with Crippen molar-refractivity contribution in [1.82, 2.24) is 4.31 Å². The van der Waals surface area contributed by atoms with Crippen LogP contribution in [0, 0.1) is 0 Å². The lowest BCUT2D eigenvalue weighted by Crippen LogP contribution is -2.28. The summed E-state index contributed by atoms with van der Waals surface area (Å²) in [5, 5.41) is 0.436. The summed E-state index contributed by atoms with van der Waals surface area (Å²) in [6.45, 7) is 2.43. The third-order valence-electron chi connectivity index (χ3n) is 2.69. The Morgan fingerprint density at radius 1 is 1.32 bits per heavy atom. The molecule has 0 aromatic heterocycles. The molecule has 0 aliphatic carbocycles. The van der Waals surface area contributed by atoms with E-state index in [4.69, 9.17) is 27.9 Å². The third kappa shape index (κ3) is 3.75. The van der Waals surface area contributed by atoms with Crippen LogP contribution >= 0.6 is 23.2 Å². The number of nitrogens with zero attached hydrogens (tertiary/aromatic N) is 1. The van der Waals surface area contributed by atoms with Gasteiger partial charge in [-0.3, -0.25) is 0 Å². The van der Waals surface area contributed by atoms with Crippen LogP contribution in [0.4, 0.5) is 0 Å². The van der Waals surface area contributed by atoms with Crippen molar-refractivity contribution in [2.75, 3.05) is 20.7 Å². The van der Waals surface area contributed by atoms with E-state index in [-0.39, 0.29) is 20.7 Å². The lowest BCUT2D eigenvalue weighted by Gasteiger charge is -2.19. The van der Waals surface area contributed by atoms with E-state index in [1.807, 2.05) is 6.92 Å². The van der Waals surface area contributed by atoms with Gasteiger partial charge in [-0.05, 0) is 18.6 Å². The summed E-state index contributed by atoms with van der Waals surface area (Å²) < 4.78 is 31.3. The first-order valence-corrected chi connectivity index (χ1v) is 8.03. The molecule has 108 valence electrons. The molecule has 0 amide bonds. The zero-order valence-electron chi connectivity index (χ0n) is 11.1. The van der Waals surface area contributed by atoms with Crippen LogP contribution in [-0.2, 0) is 10.0 Å². The van der Waals surface area contributed by atoms with Gasteiger partial charge in [0.2, 0.25) is 10.0 Å². The predicted molar refractivity (Wildman–Crippen MR) is 77.7 cm³/mol. The first-order valence-electron chi connectivity index (χ1n) is 5.84. The van der Waals surface area contributed by atoms with E-state index in [1.165, 1.54) is 30.6 Å². The summed E-state index contributed by atoms with van der Waals surface area (Å²) in [5.74, 6) is 0.120. The number of hydrogen-bond donors (Lipinski definition) is 0. The Hall–Kier alpha value is -0.490. The van der Waals surface area contributed by atoms with Crippen molar-refractivity contribution in [2.24, 2.45) is 0 Å². The molecule has 0 atom stereocenters. The van der Waals surface area contributed by atoms with Crippen LogP contribution < -0.4 is 4.74 Å². The second kappa shape index (κ2) is 6.79. The van der Waals surface area contributed by atoms with Crippen molar-refractivity contribution in [3.8, 4) is 5.75 Å². The lowest BCUT2D eigenvalue weighted by molar-refractivity contribution is 0.397. The van der Waals surface area contributed by atoms with Crippen LogP contribution in [0.5, 0.6) is 5.75 Å². The molecule has 1 aromatic carbocycles. The molecule has 0 aliphatic heterocycles. The number of sulfonamides is 1. The molecule has 0 N–H and O–H groups in total. The summed E-state index contributed by atoms with van der Waals surface area (Å²) in [4.78, 5) is -0.00824. The van der Waals surface area contributed by atoms with Gasteiger partial charge >= 0.3 is 0 Å². The Kier molecular flexibility index (Phi) is 5.92. The van der Waals surface area contributed by atoms with E-state index in [0.29, 0.717) is 6.54 Å². The molecule has 1 aromatic rings. The first-order chi connectivity index (χ1) is 8.84. The Bertz CT molecular complexity index is 546. The van der Waals surface area contributed by atoms with E-state index in [2.05, 4.69) is 0 Å². The molecule has 7 heteroatoms. The standard InChI is InChI=1S/C12H17Cl2NO3S/c1-4-5-6-15(2)19(16,17)11-8-9(13)7-10(14)12(11)18-3/h7-8H,4-6H2,1-3H3. The minimum atomic E-state index is -3.66. The molecule has 0 saturated carbocycles. The Labute approximate surface area is 124 Å². The van der Waals surface area contributed by atoms with Crippen molar-refractivity contribution < 1.29 is 13.2 Å². The Morgan fingerprint density at radius 2 is 1.95 bits per heavy atom. The number of halogens is 2. The summed E-state index contributed by atoms with van der Waals surface area (Å²) in [6, 6.07) is 2.80. The third-order valence-corrected chi connectivity index (χ3v) is 5.05. The number of rotatable bonds is 6. The minimum Gasteiger partial charge on any atom is -0.494 e. The molecule has 0 radical (unpaired) electrons. The SMILES string of the molecule is CCCCN(C)S(=O)(=O)c1cc(Cl)cc(Cl)c1OC. The summed E-state index contributed by atoms with van der Waals surface area (Å²) in [7, 11) is -0.757. The van der Waals surface area contributed by atoms with Crippen LogP contribution in [0.1, 0.15) is 19.8 Å². The fourth-order valence-electron chi connectivity index (χ4n) is 1.60. The second-order valence-corrected chi connectivity index (χ2v) is 6.96. The number of hydrogen-bond acceptors (Lipinski definition) is 3. The first kappa shape index (κ1) is 16.6. The number of ether oxygens (including phenoxy) is 1. The molecular weight excluding hydrogens is 309 g/mol. The monoisotopic (exact) mass is 325 g/mol. The highest BCUT2D eigenvalue weighted by atomic mass is 35.5. The van der Waals surface area contributed by atoms with Crippen molar-refractivity contribution in [3.05, 3.63) is 22.2 Å². The molecule has 0 spiro atoms. The summed E-state index contributed by atoms with van der Waals surface area (Å²) in [5.41, 5.74) is 0. The van der Waals surface area contributed by atoms with Gasteiger partial charge in [0.25, 0.3) is 0 Å². The molecule has 0 aliphatic rings. The highest BCUT2D eigenvalue weighted by Crippen LogP contribution is 2.36. The van der Waals surface area contributed by atoms with Gasteiger partial charge in [-0.25, -0.2) is 12.7 Å². The zero-order valence-corrected chi connectivity index (χ0v) is 13.4. The maximum Gasteiger partial charge on any atom is 0.246 e. The Balaban J connectivity index is 3.28. The average molecular weight is 326 g/mol. The van der Waals surface area contributed by atoms with Gasteiger partial charge in [0.05, 0.1) is 12.1 Å². The maximum atomic E-state index is 12.5. The second-order valence-electron chi connectivity index (χ2n) is 4.10. The smallest absolute Gasteiger partial charge is 0.246 e. The highest BCUT2D eigenvalue weighted by molar-refractivity contribution is 7.89. The highest BCUT2D eigenvalue weighted by Gasteiger charge is 2.26. The molecule has 1 rings (SSSR count). The number of methoxy groups -OCH3 is 1. The number of unbranched alkanes of at least 4 members (excludes halogenated alkanes) is 1. The van der Waals surface area contributed by atoms with Crippen LogP contribution in [0.3, 0.4) is 0 Å². The van der Waals surface area contributed by atoms with E-state index >= 15 is 0 Å². The van der Waals surface area contributed by atoms with Crippen LogP contribution in [0.2, 0.25) is 10.0 Å². The van der Waals surface area contributed by atoms with E-state index in [0.717, 1.165) is 12.8 Å². The van der Waals surface area contributed by atoms with Crippen LogP contribution in [-0.4, -0.2) is 33.4 Å². The molecule has 0 fully saturated rings. The minimum absolute atomic E-state index is 0.00824. The summed E-state index contributed by atoms with van der Waals surface area (Å²) >= 11 is 11.8. The predicted octanol–water partition coefficient (Wildman–Crippen LogP) is 3.42. The fraction of sp³-hybridized carbons (Fsp3) is 0.500. The van der Waals surface area contributed by atoms with Gasteiger partial charge in [0, 0.05) is 18.6 Å². The zero-order chi connectivity index (χ0) is 14.6. The molecule has 4 nitrogen and oxygen atoms in total. The molecule has 0 bridgehead atoms. The normalized spacial score (nSPS) is 11.9. The van der Waals surface area contributed by atoms with Gasteiger partial charge < -0.3 is 4.74 Å². The molecular formula is C12H17Cl2NO3S. The lowest BCUT2D eigenvalue weighted by atomic mass is 10.3. The van der Waals surface area contributed by atoms with Crippen molar-refractivity contribution >= 4 is 33.2 Å². The average Bonchev–Trinajstić information content (AvgIpc) is 2.34. The van der Waals surface area contributed by atoms with Gasteiger partial charge in [-0.15, -0.1) is 0 Å². The van der Waals surface area contributed by atoms with E-state index < -0.39 is 10.0 Å². The van der Waals surface area contributed by atoms with Crippen molar-refractivity contribution in [2.45, 2.75) is 24.7 Å². The fourth-order valence-corrected chi connectivity index (χ4v) is 3.70. The molecule has 0 heterocycles. The van der Waals surface area contributed by atoms with Crippen LogP contribution in [0.15, 0.2) is 17.0 Å². The van der Waals surface area contributed by atoms with E-state index in [9.17, 15) is 8.42 Å². The largest absolute Gasteiger partial charge is 0.494 e. The quantitative estimate of drug-likeness (QED) is 0.805. The van der Waals surface area contributed by atoms with Crippen LogP contribution in [0.25, 0.3) is 0 Å².